The van der Waals surface area contributed by atoms with E-state index in [4.69, 9.17) is 12.2 Å². The van der Waals surface area contributed by atoms with Crippen LogP contribution in [0.5, 0.6) is 0 Å². The van der Waals surface area contributed by atoms with Crippen LogP contribution in [0, 0.1) is 0 Å². The van der Waals surface area contributed by atoms with Gasteiger partial charge < -0.3 is 10.1 Å². The third-order valence-electron chi connectivity index (χ3n) is 0.971. The molecule has 0 aromatic carbocycles. The molecule has 0 aliphatic heterocycles. The molecule has 5 heteroatoms. The predicted molar refractivity (Wildman–Crippen MR) is 50.7 cm³/mol. The Labute approximate surface area is 75.9 Å². The fourth-order valence-corrected chi connectivity index (χ4v) is 1.25. The molecular formula is C6H11NO2S2. The van der Waals surface area contributed by atoms with E-state index >= 15 is 0 Å². The summed E-state index contributed by atoms with van der Waals surface area (Å²) < 4.78 is 5.15. The normalized spacial score (nSPS) is 8.91. The number of thiocarbonyl (C=S) groups is 1. The van der Waals surface area contributed by atoms with Gasteiger partial charge in [0.1, 0.15) is 4.32 Å². The molecule has 1 N–H and O–H groups in total. The number of rotatable bonds is 3. The van der Waals surface area contributed by atoms with Crippen LogP contribution in [-0.2, 0) is 9.53 Å². The predicted octanol–water partition coefficient (Wildman–Crippen LogP) is 0.787. The Morgan fingerprint density at radius 3 is 2.82 bits per heavy atom. The van der Waals surface area contributed by atoms with Crippen molar-refractivity contribution in [3.8, 4) is 0 Å². The molecule has 0 aliphatic rings. The zero-order valence-electron chi connectivity index (χ0n) is 6.55. The summed E-state index contributed by atoms with van der Waals surface area (Å²) in [7, 11) is 3.14. The van der Waals surface area contributed by atoms with Gasteiger partial charge in [0, 0.05) is 12.8 Å². The standard InChI is InChI=1S/C6H11NO2S2/c1-7-6(10)11-4-3-5(8)9-2/h3-4H2,1-2H3,(H,7,10). The van der Waals surface area contributed by atoms with Gasteiger partial charge in [-0.3, -0.25) is 4.79 Å². The fourth-order valence-electron chi connectivity index (χ4n) is 0.401. The van der Waals surface area contributed by atoms with Gasteiger partial charge in [0.2, 0.25) is 0 Å². The van der Waals surface area contributed by atoms with Crippen LogP contribution in [0.4, 0.5) is 0 Å². The van der Waals surface area contributed by atoms with Crippen molar-refractivity contribution in [1.82, 2.24) is 5.32 Å². The van der Waals surface area contributed by atoms with Crippen molar-refractivity contribution < 1.29 is 9.53 Å². The molecule has 0 saturated heterocycles. The molecule has 0 heterocycles. The van der Waals surface area contributed by atoms with E-state index < -0.39 is 0 Å². The third-order valence-corrected chi connectivity index (χ3v) is 2.40. The van der Waals surface area contributed by atoms with Crippen LogP contribution in [0.2, 0.25) is 0 Å². The number of hydrogen-bond donors (Lipinski definition) is 1. The van der Waals surface area contributed by atoms with Gasteiger partial charge in [0.25, 0.3) is 0 Å². The lowest BCUT2D eigenvalue weighted by atomic mass is 10.5. The summed E-state index contributed by atoms with van der Waals surface area (Å²) >= 11 is 6.28. The number of nitrogens with one attached hydrogen (secondary N) is 1. The first kappa shape index (κ1) is 10.7. The summed E-state index contributed by atoms with van der Waals surface area (Å²) in [5, 5.41) is 2.80. The van der Waals surface area contributed by atoms with Crippen molar-refractivity contribution in [3.63, 3.8) is 0 Å². The Hall–Kier alpha value is -0.290. The summed E-state index contributed by atoms with van der Waals surface area (Å²) in [6.45, 7) is 0. The molecule has 0 aliphatic carbocycles. The molecule has 3 nitrogen and oxygen atoms in total. The zero-order chi connectivity index (χ0) is 8.69. The van der Waals surface area contributed by atoms with Crippen LogP contribution < -0.4 is 5.32 Å². The molecular weight excluding hydrogens is 182 g/mol. The highest BCUT2D eigenvalue weighted by molar-refractivity contribution is 8.22. The summed E-state index contributed by atoms with van der Waals surface area (Å²) in [5.41, 5.74) is 0. The van der Waals surface area contributed by atoms with E-state index in [0.717, 1.165) is 0 Å². The van der Waals surface area contributed by atoms with Gasteiger partial charge in [-0.25, -0.2) is 0 Å². The smallest absolute Gasteiger partial charge is 0.306 e. The van der Waals surface area contributed by atoms with Crippen molar-refractivity contribution in [3.05, 3.63) is 0 Å². The highest BCUT2D eigenvalue weighted by Gasteiger charge is 2.00. The summed E-state index contributed by atoms with van der Waals surface area (Å²) in [4.78, 5) is 10.6. The van der Waals surface area contributed by atoms with E-state index in [2.05, 4.69) is 10.1 Å². The van der Waals surface area contributed by atoms with E-state index in [9.17, 15) is 4.79 Å². The molecule has 0 atom stereocenters. The highest BCUT2D eigenvalue weighted by Crippen LogP contribution is 2.03. The van der Waals surface area contributed by atoms with Gasteiger partial charge in [-0.2, -0.15) is 0 Å². The fraction of sp³-hybridized carbons (Fsp3) is 0.667. The van der Waals surface area contributed by atoms with Gasteiger partial charge in [-0.1, -0.05) is 24.0 Å². The van der Waals surface area contributed by atoms with Gasteiger partial charge in [0.05, 0.1) is 13.5 Å². The van der Waals surface area contributed by atoms with Crippen LogP contribution in [-0.4, -0.2) is 30.2 Å². The molecule has 0 aromatic rings. The second kappa shape index (κ2) is 6.42. The van der Waals surface area contributed by atoms with E-state index in [0.29, 0.717) is 16.5 Å². The Balaban J connectivity index is 3.27. The SMILES string of the molecule is CNC(=S)SCCC(=O)OC. The Morgan fingerprint density at radius 2 is 2.36 bits per heavy atom. The van der Waals surface area contributed by atoms with E-state index in [1.165, 1.54) is 18.9 Å². The molecule has 0 radical (unpaired) electrons. The van der Waals surface area contributed by atoms with E-state index in [-0.39, 0.29) is 5.97 Å². The first-order chi connectivity index (χ1) is 5.20. The Bertz CT molecular complexity index is 134. The number of methoxy groups -OCH3 is 1. The Morgan fingerprint density at radius 1 is 1.73 bits per heavy atom. The van der Waals surface area contributed by atoms with Gasteiger partial charge >= 0.3 is 5.97 Å². The quantitative estimate of drug-likeness (QED) is 0.530. The maximum Gasteiger partial charge on any atom is 0.306 e. The molecule has 0 unspecified atom stereocenters. The lowest BCUT2D eigenvalue weighted by Gasteiger charge is -2.00. The van der Waals surface area contributed by atoms with Crippen molar-refractivity contribution in [2.24, 2.45) is 0 Å². The maximum atomic E-state index is 10.6. The maximum absolute atomic E-state index is 10.6. The monoisotopic (exact) mass is 193 g/mol. The first-order valence-corrected chi connectivity index (χ1v) is 4.51. The van der Waals surface area contributed by atoms with Crippen molar-refractivity contribution >= 4 is 34.3 Å². The average molecular weight is 193 g/mol. The average Bonchev–Trinajstić information content (AvgIpc) is 2.04. The molecule has 11 heavy (non-hydrogen) atoms. The van der Waals surface area contributed by atoms with Crippen LogP contribution in [0.15, 0.2) is 0 Å². The third kappa shape index (κ3) is 6.12. The number of carbonyl (C=O) groups is 1. The van der Waals surface area contributed by atoms with Crippen LogP contribution in [0.25, 0.3) is 0 Å². The number of hydrogen-bond acceptors (Lipinski definition) is 4. The number of carbonyl (C=O) groups excluding carboxylic acids is 1. The molecule has 0 amide bonds. The molecule has 0 rings (SSSR count). The first-order valence-electron chi connectivity index (χ1n) is 3.12. The van der Waals surface area contributed by atoms with E-state index in [1.54, 1.807) is 7.05 Å². The molecule has 0 fully saturated rings. The van der Waals surface area contributed by atoms with Crippen molar-refractivity contribution in [2.75, 3.05) is 19.9 Å². The minimum Gasteiger partial charge on any atom is -0.469 e. The summed E-state index contributed by atoms with van der Waals surface area (Å²) in [6, 6.07) is 0. The molecule has 0 aromatic heterocycles. The summed E-state index contributed by atoms with van der Waals surface area (Å²) in [6.07, 6.45) is 0.406. The molecule has 0 spiro atoms. The molecule has 64 valence electrons. The second-order valence-electron chi connectivity index (χ2n) is 1.71. The second-order valence-corrected chi connectivity index (χ2v) is 3.48. The lowest BCUT2D eigenvalue weighted by Crippen LogP contribution is -2.12. The zero-order valence-corrected chi connectivity index (χ0v) is 8.18. The minimum atomic E-state index is -0.198. The van der Waals surface area contributed by atoms with E-state index in [1.807, 2.05) is 0 Å². The minimum absolute atomic E-state index is 0.198. The number of esters is 1. The summed E-state index contributed by atoms with van der Waals surface area (Å²) in [5.74, 6) is 0.475. The largest absolute Gasteiger partial charge is 0.469 e. The molecule has 0 bridgehead atoms. The van der Waals surface area contributed by atoms with Crippen LogP contribution in [0.3, 0.4) is 0 Å². The Kier molecular flexibility index (Phi) is 6.25. The van der Waals surface area contributed by atoms with Gasteiger partial charge in [-0.05, 0) is 0 Å². The topological polar surface area (TPSA) is 38.3 Å². The van der Waals surface area contributed by atoms with Gasteiger partial charge in [-0.15, -0.1) is 0 Å². The highest BCUT2D eigenvalue weighted by atomic mass is 32.2. The van der Waals surface area contributed by atoms with Crippen molar-refractivity contribution in [2.45, 2.75) is 6.42 Å². The lowest BCUT2D eigenvalue weighted by molar-refractivity contribution is -0.140. The van der Waals surface area contributed by atoms with Crippen LogP contribution >= 0.6 is 24.0 Å². The van der Waals surface area contributed by atoms with Crippen LogP contribution in [0.1, 0.15) is 6.42 Å². The van der Waals surface area contributed by atoms with Gasteiger partial charge in [0.15, 0.2) is 0 Å². The van der Waals surface area contributed by atoms with Crippen molar-refractivity contribution in [1.29, 1.82) is 0 Å². The number of ether oxygens (including phenoxy) is 1. The molecule has 0 saturated carbocycles. The number of thioether (sulfide) groups is 1.